The summed E-state index contributed by atoms with van der Waals surface area (Å²) >= 11 is 0. The molecule has 9 rings (SSSR count). The molecular formula is C65H75N5O15. The van der Waals surface area contributed by atoms with E-state index in [9.17, 15) is 38.7 Å². The van der Waals surface area contributed by atoms with Gasteiger partial charge >= 0.3 is 18.2 Å². The van der Waals surface area contributed by atoms with E-state index in [1.165, 1.54) is 24.2 Å². The standard InChI is InChI=1S/C65H75N5O15/c1-10-21-83-58(72)30-47(38(3)4)59(73)66-41(7)53(71)26-42-14-16-43(17-15-42)36-85-64(78)70-51-32-55(40(6)25-48(51)61(75)69-37-65(19-20-65)33-52(69)62(70)76)81-23-12-24-82-57-31-50-49(29-56(57)80-9)60(74)67-34-45(44-18-13-39(5)54(28-44)79-8)27-46(67)35-68(50)63(77)84-22-11-2/h10-11,13-18,25,28-29,31-32,34,38,41,46-47,52,62,76H,1-2,12,19-24,26-27,30,33,35-37H2,3-9H3,(H,66,73)/t41-,46-,47-,52-,62?/m0/s1. The van der Waals surface area contributed by atoms with Crippen LogP contribution in [0.25, 0.3) is 5.57 Å². The molecule has 1 aliphatic carbocycles. The minimum absolute atomic E-state index is 0.00395. The summed E-state index contributed by atoms with van der Waals surface area (Å²) in [6.07, 6.45) is 4.78. The summed E-state index contributed by atoms with van der Waals surface area (Å²) < 4.78 is 40.5. The number of anilines is 2. The molecule has 0 aromatic heterocycles. The molecule has 20 nitrogen and oxygen atoms in total. The number of hydrogen-bond acceptors (Lipinski definition) is 15. The number of fused-ring (bicyclic) bond motifs is 4. The maximum Gasteiger partial charge on any atom is 0.416 e. The van der Waals surface area contributed by atoms with Crippen LogP contribution in [0.1, 0.15) is 108 Å². The van der Waals surface area contributed by atoms with Crippen molar-refractivity contribution in [2.75, 3.05) is 63.5 Å². The van der Waals surface area contributed by atoms with Crippen LogP contribution in [0.3, 0.4) is 0 Å². The van der Waals surface area contributed by atoms with Gasteiger partial charge in [0.05, 0.1) is 86.9 Å². The van der Waals surface area contributed by atoms with E-state index >= 15 is 0 Å². The van der Waals surface area contributed by atoms with Crippen LogP contribution in [0.4, 0.5) is 21.0 Å². The van der Waals surface area contributed by atoms with Crippen molar-refractivity contribution in [2.45, 2.75) is 111 Å². The van der Waals surface area contributed by atoms with Crippen LogP contribution in [-0.4, -0.2) is 135 Å². The third kappa shape index (κ3) is 13.3. The van der Waals surface area contributed by atoms with Crippen molar-refractivity contribution in [3.05, 3.63) is 137 Å². The smallest absolute Gasteiger partial charge is 0.416 e. The SMILES string of the molecule is C=CCOC(=O)C[C@H](C(=O)N[C@@H](C)C(=O)Cc1ccc(COC(=O)N2c3cc(OCCCOc4cc5c(cc4OC)C(=O)N4C=C(c6ccc(C)c(OC)c6)C[C@H]4CN5C(=O)OCC=C)c(C)cc3C(=O)N3CC4(CC4)C[C@H]3C2O)cc1)C(C)C. The fourth-order valence-electron chi connectivity index (χ4n) is 11.5. The summed E-state index contributed by atoms with van der Waals surface area (Å²) in [5, 5.41) is 14.9. The number of hydrogen-bond donors (Lipinski definition) is 2. The van der Waals surface area contributed by atoms with Gasteiger partial charge in [-0.3, -0.25) is 28.9 Å². The molecule has 1 unspecified atom stereocenters. The Morgan fingerprint density at radius 2 is 1.44 bits per heavy atom. The van der Waals surface area contributed by atoms with Crippen LogP contribution >= 0.6 is 0 Å². The highest BCUT2D eigenvalue weighted by Crippen LogP contribution is 2.57. The first kappa shape index (κ1) is 60.9. The molecule has 4 aromatic rings. The van der Waals surface area contributed by atoms with Gasteiger partial charge in [-0.25, -0.2) is 14.5 Å². The summed E-state index contributed by atoms with van der Waals surface area (Å²) in [7, 11) is 3.07. The molecule has 4 heterocycles. The van der Waals surface area contributed by atoms with Crippen LogP contribution in [0.5, 0.6) is 23.0 Å². The monoisotopic (exact) mass is 1170 g/mol. The molecule has 0 radical (unpaired) electrons. The minimum atomic E-state index is -1.45. The molecule has 1 saturated heterocycles. The minimum Gasteiger partial charge on any atom is -0.496 e. The molecule has 2 fully saturated rings. The molecule has 5 atom stereocenters. The summed E-state index contributed by atoms with van der Waals surface area (Å²) in [5.41, 5.74) is 5.40. The number of Topliss-reactive ketones (excluding diaryl/α,β-unsaturated/α-hetero) is 1. The average molecular weight is 1170 g/mol. The molecule has 2 N–H and O–H groups in total. The predicted octanol–water partition coefficient (Wildman–Crippen LogP) is 9.04. The largest absolute Gasteiger partial charge is 0.496 e. The Balaban J connectivity index is 0.863. The van der Waals surface area contributed by atoms with E-state index < -0.39 is 54.3 Å². The van der Waals surface area contributed by atoms with E-state index in [-0.39, 0.29) is 115 Å². The second-order valence-corrected chi connectivity index (χ2v) is 22.8. The Labute approximate surface area is 495 Å². The Morgan fingerprint density at radius 1 is 0.765 bits per heavy atom. The number of benzene rings is 4. The van der Waals surface area contributed by atoms with E-state index in [1.807, 2.05) is 45.2 Å². The zero-order valence-electron chi connectivity index (χ0n) is 49.3. The number of methoxy groups -OCH3 is 2. The highest BCUT2D eigenvalue weighted by molar-refractivity contribution is 6.08. The fourth-order valence-corrected chi connectivity index (χ4v) is 11.5. The van der Waals surface area contributed by atoms with Gasteiger partial charge in [-0.1, -0.05) is 75.6 Å². The summed E-state index contributed by atoms with van der Waals surface area (Å²) in [5.74, 6) is -1.10. The van der Waals surface area contributed by atoms with Crippen molar-refractivity contribution < 1.29 is 71.8 Å². The predicted molar refractivity (Wildman–Crippen MR) is 316 cm³/mol. The maximum absolute atomic E-state index is 14.5. The molecule has 5 aliphatic rings. The van der Waals surface area contributed by atoms with E-state index in [2.05, 4.69) is 18.5 Å². The maximum atomic E-state index is 14.5. The summed E-state index contributed by atoms with van der Waals surface area (Å²) in [6.45, 7) is 16.8. The van der Waals surface area contributed by atoms with Crippen LogP contribution in [-0.2, 0) is 41.6 Å². The van der Waals surface area contributed by atoms with Crippen LogP contribution in [0, 0.1) is 31.1 Å². The van der Waals surface area contributed by atoms with Crippen LogP contribution in [0.15, 0.2) is 98.2 Å². The number of carbonyl (C=O) groups is 7. The Kier molecular flexibility index (Phi) is 18.7. The number of carbonyl (C=O) groups excluding carboxylic acids is 7. The number of esters is 1. The molecule has 4 aromatic carbocycles. The van der Waals surface area contributed by atoms with Crippen LogP contribution in [0.2, 0.25) is 0 Å². The average Bonchev–Trinajstić information content (AvgIpc) is 1.63. The Bertz CT molecular complexity index is 3300. The van der Waals surface area contributed by atoms with Gasteiger partial charge in [-0.15, -0.1) is 0 Å². The number of nitrogens with one attached hydrogen (secondary N) is 1. The fraction of sp³-hybridized carbons (Fsp3) is 0.431. The van der Waals surface area contributed by atoms with Crippen molar-refractivity contribution in [1.82, 2.24) is 15.1 Å². The number of ether oxygens (including phenoxy) is 7. The molecule has 1 saturated carbocycles. The van der Waals surface area contributed by atoms with Gasteiger partial charge in [0.25, 0.3) is 11.8 Å². The van der Waals surface area contributed by atoms with Crippen molar-refractivity contribution in [1.29, 1.82) is 0 Å². The van der Waals surface area contributed by atoms with Gasteiger partial charge in [0, 0.05) is 37.7 Å². The first-order valence-corrected chi connectivity index (χ1v) is 28.8. The lowest BCUT2D eigenvalue weighted by Gasteiger charge is -2.31. The third-order valence-electron chi connectivity index (χ3n) is 16.6. The van der Waals surface area contributed by atoms with E-state index in [1.54, 1.807) is 79.3 Å². The molecular weight excluding hydrogens is 1090 g/mol. The first-order valence-electron chi connectivity index (χ1n) is 28.8. The van der Waals surface area contributed by atoms with Crippen molar-refractivity contribution in [3.8, 4) is 23.0 Å². The molecule has 5 amide bonds. The number of aryl methyl sites for hydroxylation is 2. The highest BCUT2D eigenvalue weighted by Gasteiger charge is 2.58. The lowest BCUT2D eigenvalue weighted by molar-refractivity contribution is -0.146. The second-order valence-electron chi connectivity index (χ2n) is 22.8. The number of aliphatic hydroxyl groups is 1. The Hall–Kier alpha value is -8.65. The number of rotatable bonds is 23. The normalized spacial score (nSPS) is 18.8. The number of ketones is 1. The quantitative estimate of drug-likeness (QED) is 0.0305. The summed E-state index contributed by atoms with van der Waals surface area (Å²) in [4.78, 5) is 102. The van der Waals surface area contributed by atoms with E-state index in [0.29, 0.717) is 48.2 Å². The molecule has 0 bridgehead atoms. The van der Waals surface area contributed by atoms with Gasteiger partial charge in [-0.05, 0) is 109 Å². The molecule has 1 spiro atoms. The van der Waals surface area contributed by atoms with Crippen molar-refractivity contribution in [3.63, 3.8) is 0 Å². The van der Waals surface area contributed by atoms with Gasteiger partial charge in [0.15, 0.2) is 23.5 Å². The van der Waals surface area contributed by atoms with Crippen molar-refractivity contribution >= 4 is 58.6 Å². The molecule has 20 heteroatoms. The second kappa shape index (κ2) is 26.1. The number of amides is 5. The first-order chi connectivity index (χ1) is 40.8. The van der Waals surface area contributed by atoms with E-state index in [4.69, 9.17) is 33.2 Å². The zero-order valence-corrected chi connectivity index (χ0v) is 49.3. The van der Waals surface area contributed by atoms with Crippen LogP contribution < -0.4 is 34.1 Å². The van der Waals surface area contributed by atoms with Crippen molar-refractivity contribution in [2.24, 2.45) is 17.3 Å². The lowest BCUT2D eigenvalue weighted by Crippen LogP contribution is -2.50. The molecule has 85 heavy (non-hydrogen) atoms. The zero-order chi connectivity index (χ0) is 60.9. The number of aliphatic hydroxyl groups excluding tert-OH is 1. The van der Waals surface area contributed by atoms with E-state index in [0.717, 1.165) is 40.2 Å². The number of nitrogens with zero attached hydrogens (tertiary/aromatic N) is 4. The van der Waals surface area contributed by atoms with Gasteiger partial charge < -0.3 is 53.4 Å². The molecule has 4 aliphatic heterocycles. The summed E-state index contributed by atoms with van der Waals surface area (Å²) in [6, 6.07) is 17.3. The highest BCUT2D eigenvalue weighted by atomic mass is 16.6. The van der Waals surface area contributed by atoms with Gasteiger partial charge in [-0.2, -0.15) is 0 Å². The van der Waals surface area contributed by atoms with Gasteiger partial charge in [0.1, 0.15) is 31.3 Å². The topological polar surface area (TPSA) is 229 Å². The third-order valence-corrected chi connectivity index (χ3v) is 16.6. The molecule has 450 valence electrons. The lowest BCUT2D eigenvalue weighted by atomic mass is 9.91. The van der Waals surface area contributed by atoms with Gasteiger partial charge in [0.2, 0.25) is 5.91 Å². The Morgan fingerprint density at radius 3 is 2.12 bits per heavy atom.